The van der Waals surface area contributed by atoms with Gasteiger partial charge in [-0.15, -0.1) is 0 Å². The summed E-state index contributed by atoms with van der Waals surface area (Å²) in [6.07, 6.45) is 3.61. The summed E-state index contributed by atoms with van der Waals surface area (Å²) in [6.45, 7) is 5.20. The first-order valence-corrected chi connectivity index (χ1v) is 8.24. The molecule has 1 aromatic carbocycles. The Morgan fingerprint density at radius 1 is 1.04 bits per heavy atom. The highest BCUT2D eigenvalue weighted by molar-refractivity contribution is 5.98. The number of aryl methyl sites for hydroxylation is 1. The number of hydrogen-bond donors (Lipinski definition) is 1. The van der Waals surface area contributed by atoms with Gasteiger partial charge in [0.15, 0.2) is 0 Å². The first kappa shape index (κ1) is 14.8. The van der Waals surface area contributed by atoms with Gasteiger partial charge in [0.2, 0.25) is 0 Å². The van der Waals surface area contributed by atoms with Crippen molar-refractivity contribution in [3.05, 3.63) is 60.0 Å². The Morgan fingerprint density at radius 3 is 2.54 bits per heavy atom. The molecule has 5 heteroatoms. The van der Waals surface area contributed by atoms with Crippen LogP contribution in [0.2, 0.25) is 0 Å². The number of benzene rings is 1. The van der Waals surface area contributed by atoms with Crippen molar-refractivity contribution in [2.24, 2.45) is 0 Å². The van der Waals surface area contributed by atoms with E-state index in [9.17, 15) is 4.79 Å². The highest BCUT2D eigenvalue weighted by Crippen LogP contribution is 2.20. The van der Waals surface area contributed by atoms with Crippen LogP contribution >= 0.6 is 0 Å². The zero-order valence-corrected chi connectivity index (χ0v) is 13.7. The van der Waals surface area contributed by atoms with E-state index in [-0.39, 0.29) is 5.91 Å². The second-order valence-corrected chi connectivity index (χ2v) is 6.26. The zero-order valence-electron chi connectivity index (χ0n) is 13.7. The molecule has 0 radical (unpaired) electrons. The molecule has 0 spiro atoms. The second-order valence-electron chi connectivity index (χ2n) is 6.26. The molecule has 0 bridgehead atoms. The van der Waals surface area contributed by atoms with Gasteiger partial charge in [-0.05, 0) is 36.8 Å². The Balaban J connectivity index is 1.47. The highest BCUT2D eigenvalue weighted by atomic mass is 16.2. The van der Waals surface area contributed by atoms with Crippen molar-refractivity contribution >= 4 is 22.5 Å². The molecule has 0 unspecified atom stereocenters. The molecule has 122 valence electrons. The number of hydrogen-bond acceptors (Lipinski definition) is 3. The van der Waals surface area contributed by atoms with Gasteiger partial charge in [0.05, 0.1) is 0 Å². The van der Waals surface area contributed by atoms with Gasteiger partial charge < -0.3 is 14.8 Å². The maximum Gasteiger partial charge on any atom is 0.270 e. The van der Waals surface area contributed by atoms with Gasteiger partial charge in [-0.25, -0.2) is 0 Å². The van der Waals surface area contributed by atoms with Crippen LogP contribution in [-0.4, -0.2) is 47.0 Å². The van der Waals surface area contributed by atoms with Crippen LogP contribution in [0.15, 0.2) is 48.8 Å². The number of nitrogens with one attached hydrogen (secondary N) is 1. The number of piperazine rings is 1. The number of carbonyl (C=O) groups excluding carboxylic acids is 1. The number of aromatic nitrogens is 2. The summed E-state index contributed by atoms with van der Waals surface area (Å²) in [7, 11) is 0. The number of fused-ring (bicyclic) bond motifs is 1. The Bertz CT molecular complexity index is 863. The maximum absolute atomic E-state index is 12.8. The summed E-state index contributed by atoms with van der Waals surface area (Å²) in [6, 6.07) is 12.2. The molecular formula is C19H20N4O. The number of pyridine rings is 1. The van der Waals surface area contributed by atoms with E-state index in [1.807, 2.05) is 23.1 Å². The Kier molecular flexibility index (Phi) is 3.69. The van der Waals surface area contributed by atoms with Gasteiger partial charge in [-0.2, -0.15) is 0 Å². The van der Waals surface area contributed by atoms with Crippen molar-refractivity contribution in [2.45, 2.75) is 6.92 Å². The van der Waals surface area contributed by atoms with Crippen molar-refractivity contribution in [3.8, 4) is 0 Å². The number of aromatic amines is 1. The van der Waals surface area contributed by atoms with Crippen LogP contribution in [0.3, 0.4) is 0 Å². The summed E-state index contributed by atoms with van der Waals surface area (Å²) < 4.78 is 0. The third-order valence-electron chi connectivity index (χ3n) is 4.60. The predicted molar refractivity (Wildman–Crippen MR) is 95.4 cm³/mol. The summed E-state index contributed by atoms with van der Waals surface area (Å²) in [5, 5.41) is 1.08. The lowest BCUT2D eigenvalue weighted by Crippen LogP contribution is -2.48. The molecule has 4 rings (SSSR count). The van der Waals surface area contributed by atoms with Crippen molar-refractivity contribution in [3.63, 3.8) is 0 Å². The fourth-order valence-electron chi connectivity index (χ4n) is 3.25. The van der Waals surface area contributed by atoms with Crippen LogP contribution in [0.1, 0.15) is 16.1 Å². The van der Waals surface area contributed by atoms with Crippen LogP contribution in [0.25, 0.3) is 10.9 Å². The SMILES string of the molecule is Cc1ccc2cc(C(=O)N3CCN(c4ccncc4)CC3)[nH]c2c1. The monoisotopic (exact) mass is 320 g/mol. The zero-order chi connectivity index (χ0) is 16.5. The molecular weight excluding hydrogens is 300 g/mol. The van der Waals surface area contributed by atoms with Gasteiger partial charge in [0.1, 0.15) is 5.69 Å². The number of amides is 1. The fraction of sp³-hybridized carbons (Fsp3) is 0.263. The molecule has 1 aliphatic heterocycles. The summed E-state index contributed by atoms with van der Waals surface area (Å²) in [5.41, 5.74) is 4.05. The van der Waals surface area contributed by atoms with E-state index in [2.05, 4.69) is 40.0 Å². The average molecular weight is 320 g/mol. The van der Waals surface area contributed by atoms with E-state index in [0.29, 0.717) is 5.69 Å². The van der Waals surface area contributed by atoms with Gasteiger partial charge in [0.25, 0.3) is 5.91 Å². The second kappa shape index (κ2) is 6.00. The Hall–Kier alpha value is -2.82. The number of anilines is 1. The standard InChI is InChI=1S/C19H20N4O/c1-14-2-3-15-13-18(21-17(15)12-14)19(24)23-10-8-22(9-11-23)16-4-6-20-7-5-16/h2-7,12-13,21H,8-11H2,1H3. The van der Waals surface area contributed by atoms with Crippen LogP contribution in [0, 0.1) is 6.92 Å². The van der Waals surface area contributed by atoms with E-state index in [1.54, 1.807) is 12.4 Å². The number of H-pyrrole nitrogens is 1. The topological polar surface area (TPSA) is 52.2 Å². The molecule has 0 saturated carbocycles. The third kappa shape index (κ3) is 2.73. The number of rotatable bonds is 2. The van der Waals surface area contributed by atoms with E-state index >= 15 is 0 Å². The Morgan fingerprint density at radius 2 is 1.79 bits per heavy atom. The lowest BCUT2D eigenvalue weighted by molar-refractivity contribution is 0.0742. The lowest BCUT2D eigenvalue weighted by Gasteiger charge is -2.35. The summed E-state index contributed by atoms with van der Waals surface area (Å²) in [5.74, 6) is 0.0817. The van der Waals surface area contributed by atoms with E-state index in [1.165, 1.54) is 5.56 Å². The quantitative estimate of drug-likeness (QED) is 0.790. The van der Waals surface area contributed by atoms with E-state index < -0.39 is 0 Å². The minimum Gasteiger partial charge on any atom is -0.368 e. The van der Waals surface area contributed by atoms with E-state index in [0.717, 1.165) is 42.8 Å². The van der Waals surface area contributed by atoms with E-state index in [4.69, 9.17) is 0 Å². The molecule has 3 aromatic rings. The Labute approximate surface area is 140 Å². The van der Waals surface area contributed by atoms with Gasteiger partial charge in [0, 0.05) is 55.2 Å². The summed E-state index contributed by atoms with van der Waals surface area (Å²) in [4.78, 5) is 24.3. The highest BCUT2D eigenvalue weighted by Gasteiger charge is 2.23. The van der Waals surface area contributed by atoms with Crippen molar-refractivity contribution < 1.29 is 4.79 Å². The first-order valence-electron chi connectivity index (χ1n) is 8.24. The molecule has 1 fully saturated rings. The van der Waals surface area contributed by atoms with Gasteiger partial charge >= 0.3 is 0 Å². The van der Waals surface area contributed by atoms with Crippen molar-refractivity contribution in [2.75, 3.05) is 31.1 Å². The molecule has 24 heavy (non-hydrogen) atoms. The average Bonchev–Trinajstić information content (AvgIpc) is 3.05. The smallest absolute Gasteiger partial charge is 0.270 e. The largest absolute Gasteiger partial charge is 0.368 e. The third-order valence-corrected chi connectivity index (χ3v) is 4.60. The van der Waals surface area contributed by atoms with Gasteiger partial charge in [-0.1, -0.05) is 12.1 Å². The number of carbonyl (C=O) groups is 1. The van der Waals surface area contributed by atoms with Crippen molar-refractivity contribution in [1.29, 1.82) is 0 Å². The molecule has 1 aliphatic rings. The normalized spacial score (nSPS) is 15.0. The van der Waals surface area contributed by atoms with Crippen molar-refractivity contribution in [1.82, 2.24) is 14.9 Å². The van der Waals surface area contributed by atoms with Gasteiger partial charge in [-0.3, -0.25) is 9.78 Å². The predicted octanol–water partition coefficient (Wildman–Crippen LogP) is 2.83. The minimum absolute atomic E-state index is 0.0817. The molecule has 0 atom stereocenters. The molecule has 5 nitrogen and oxygen atoms in total. The molecule has 1 saturated heterocycles. The number of nitrogens with zero attached hydrogens (tertiary/aromatic N) is 3. The van der Waals surface area contributed by atoms with Crippen LogP contribution in [-0.2, 0) is 0 Å². The molecule has 1 amide bonds. The molecule has 2 aromatic heterocycles. The van der Waals surface area contributed by atoms with Crippen LogP contribution < -0.4 is 4.90 Å². The molecule has 3 heterocycles. The lowest BCUT2D eigenvalue weighted by atomic mass is 10.2. The molecule has 0 aliphatic carbocycles. The maximum atomic E-state index is 12.8. The molecule has 1 N–H and O–H groups in total. The fourth-order valence-corrected chi connectivity index (χ4v) is 3.25. The minimum atomic E-state index is 0.0817. The van der Waals surface area contributed by atoms with Crippen LogP contribution in [0.5, 0.6) is 0 Å². The first-order chi connectivity index (χ1) is 11.7. The summed E-state index contributed by atoms with van der Waals surface area (Å²) >= 11 is 0. The van der Waals surface area contributed by atoms with Crippen LogP contribution in [0.4, 0.5) is 5.69 Å².